The summed E-state index contributed by atoms with van der Waals surface area (Å²) in [6.45, 7) is 4.80. The van der Waals surface area contributed by atoms with Crippen LogP contribution in [-0.4, -0.2) is 37.2 Å². The second kappa shape index (κ2) is 8.44. The maximum absolute atomic E-state index is 13.7. The van der Waals surface area contributed by atoms with Gasteiger partial charge >= 0.3 is 0 Å². The standard InChI is InChI=1S/C20H25F2N7O/c1-19(2)6-14(4-5-15(19)30)28-17-12(7-23)9-25-18(29-17)26-10-13-8-24-11-27-16(13)20(3,21)22/h8-9,11,14-15,30H,4-6,10H2,1-3H3,(H2,25,26,28,29)/t14-,15+/m1/s1. The van der Waals surface area contributed by atoms with Gasteiger partial charge in [-0.3, -0.25) is 0 Å². The lowest BCUT2D eigenvalue weighted by molar-refractivity contribution is 0.00926. The summed E-state index contributed by atoms with van der Waals surface area (Å²) in [5.74, 6) is -2.53. The van der Waals surface area contributed by atoms with Gasteiger partial charge in [-0.2, -0.15) is 19.0 Å². The van der Waals surface area contributed by atoms with Crippen LogP contribution in [0.5, 0.6) is 0 Å². The van der Waals surface area contributed by atoms with E-state index in [4.69, 9.17) is 0 Å². The summed E-state index contributed by atoms with van der Waals surface area (Å²) in [4.78, 5) is 16.0. The topological polar surface area (TPSA) is 120 Å². The first kappa shape index (κ1) is 21.8. The fourth-order valence-electron chi connectivity index (χ4n) is 3.66. The van der Waals surface area contributed by atoms with Crippen LogP contribution in [0.3, 0.4) is 0 Å². The highest BCUT2D eigenvalue weighted by Gasteiger charge is 2.36. The predicted molar refractivity (Wildman–Crippen MR) is 107 cm³/mol. The SMILES string of the molecule is CC(F)(F)c1ncncc1CNc1ncc(C#N)c(N[C@@H]2CC[C@H](O)C(C)(C)C2)n1. The summed E-state index contributed by atoms with van der Waals surface area (Å²) < 4.78 is 27.5. The molecule has 1 saturated carbocycles. The lowest BCUT2D eigenvalue weighted by atomic mass is 9.73. The molecule has 10 heteroatoms. The Kier molecular flexibility index (Phi) is 6.12. The van der Waals surface area contributed by atoms with E-state index in [0.717, 1.165) is 26.1 Å². The van der Waals surface area contributed by atoms with E-state index in [2.05, 4.69) is 36.6 Å². The van der Waals surface area contributed by atoms with E-state index in [0.29, 0.717) is 12.2 Å². The number of aliphatic hydroxyl groups is 1. The minimum Gasteiger partial charge on any atom is -0.393 e. The van der Waals surface area contributed by atoms with Gasteiger partial charge in [0.2, 0.25) is 5.95 Å². The molecule has 3 N–H and O–H groups in total. The van der Waals surface area contributed by atoms with E-state index in [1.54, 1.807) is 0 Å². The van der Waals surface area contributed by atoms with Gasteiger partial charge in [0, 0.05) is 31.3 Å². The van der Waals surface area contributed by atoms with Crippen LogP contribution < -0.4 is 10.6 Å². The number of aliphatic hydroxyl groups excluding tert-OH is 1. The highest BCUT2D eigenvalue weighted by Crippen LogP contribution is 2.37. The molecule has 0 spiro atoms. The Bertz CT molecular complexity index is 939. The minimum atomic E-state index is -3.10. The molecule has 2 aromatic heterocycles. The molecule has 0 amide bonds. The Morgan fingerprint density at radius 3 is 2.73 bits per heavy atom. The van der Waals surface area contributed by atoms with Gasteiger partial charge in [0.25, 0.3) is 5.92 Å². The zero-order valence-electron chi connectivity index (χ0n) is 17.2. The third kappa shape index (κ3) is 4.97. The van der Waals surface area contributed by atoms with Gasteiger partial charge in [-0.05, 0) is 24.7 Å². The Balaban J connectivity index is 1.75. The number of aromatic nitrogens is 4. The maximum Gasteiger partial charge on any atom is 0.287 e. The molecular formula is C20H25F2N7O. The normalized spacial score (nSPS) is 21.0. The van der Waals surface area contributed by atoms with Crippen molar-refractivity contribution in [2.75, 3.05) is 10.6 Å². The zero-order chi connectivity index (χ0) is 21.9. The lowest BCUT2D eigenvalue weighted by Crippen LogP contribution is -2.41. The van der Waals surface area contributed by atoms with Crippen molar-refractivity contribution < 1.29 is 13.9 Å². The molecular weight excluding hydrogens is 392 g/mol. The predicted octanol–water partition coefficient (Wildman–Crippen LogP) is 3.21. The van der Waals surface area contributed by atoms with Crippen molar-refractivity contribution in [3.05, 3.63) is 35.5 Å². The average Bonchev–Trinajstić information content (AvgIpc) is 2.68. The van der Waals surface area contributed by atoms with E-state index in [9.17, 15) is 19.1 Å². The fraction of sp³-hybridized carbons (Fsp3) is 0.550. The van der Waals surface area contributed by atoms with E-state index >= 15 is 0 Å². The van der Waals surface area contributed by atoms with Gasteiger partial charge < -0.3 is 15.7 Å². The molecule has 0 unspecified atom stereocenters. The molecule has 160 valence electrons. The van der Waals surface area contributed by atoms with Crippen molar-refractivity contribution >= 4 is 11.8 Å². The third-order valence-corrected chi connectivity index (χ3v) is 5.35. The van der Waals surface area contributed by atoms with Crippen molar-refractivity contribution in [1.29, 1.82) is 5.26 Å². The van der Waals surface area contributed by atoms with Crippen molar-refractivity contribution in [3.63, 3.8) is 0 Å². The Morgan fingerprint density at radius 2 is 2.07 bits per heavy atom. The molecule has 2 atom stereocenters. The van der Waals surface area contributed by atoms with Gasteiger partial charge in [0.15, 0.2) is 0 Å². The molecule has 2 aromatic rings. The third-order valence-electron chi connectivity index (χ3n) is 5.35. The molecule has 1 aliphatic rings. The summed E-state index contributed by atoms with van der Waals surface area (Å²) in [5.41, 5.74) is -0.0878. The number of hydrogen-bond acceptors (Lipinski definition) is 8. The van der Waals surface area contributed by atoms with Crippen LogP contribution in [0, 0.1) is 16.7 Å². The van der Waals surface area contributed by atoms with Crippen LogP contribution in [-0.2, 0) is 12.5 Å². The first-order chi connectivity index (χ1) is 14.1. The van der Waals surface area contributed by atoms with Gasteiger partial charge in [-0.1, -0.05) is 13.8 Å². The van der Waals surface area contributed by atoms with E-state index in [1.807, 2.05) is 13.8 Å². The number of anilines is 2. The van der Waals surface area contributed by atoms with E-state index < -0.39 is 5.92 Å². The molecule has 0 radical (unpaired) electrons. The van der Waals surface area contributed by atoms with Crippen LogP contribution >= 0.6 is 0 Å². The molecule has 1 fully saturated rings. The molecule has 0 aromatic carbocycles. The average molecular weight is 417 g/mol. The monoisotopic (exact) mass is 417 g/mol. The largest absolute Gasteiger partial charge is 0.393 e. The van der Waals surface area contributed by atoms with Crippen LogP contribution in [0.2, 0.25) is 0 Å². The van der Waals surface area contributed by atoms with Gasteiger partial charge in [-0.25, -0.2) is 15.0 Å². The summed E-state index contributed by atoms with van der Waals surface area (Å²) in [7, 11) is 0. The summed E-state index contributed by atoms with van der Waals surface area (Å²) >= 11 is 0. The molecule has 0 saturated heterocycles. The van der Waals surface area contributed by atoms with E-state index in [1.165, 1.54) is 12.4 Å². The highest BCUT2D eigenvalue weighted by molar-refractivity contribution is 5.54. The summed E-state index contributed by atoms with van der Waals surface area (Å²) in [6.07, 6.45) is 5.56. The van der Waals surface area contributed by atoms with Gasteiger partial charge in [0.05, 0.1) is 12.3 Å². The van der Waals surface area contributed by atoms with Crippen LogP contribution in [0.25, 0.3) is 0 Å². The molecule has 2 heterocycles. The van der Waals surface area contributed by atoms with Crippen LogP contribution in [0.4, 0.5) is 20.5 Å². The lowest BCUT2D eigenvalue weighted by Gasteiger charge is -2.40. The number of alkyl halides is 2. The van der Waals surface area contributed by atoms with Crippen molar-refractivity contribution in [2.45, 2.75) is 64.6 Å². The van der Waals surface area contributed by atoms with Gasteiger partial charge in [0.1, 0.15) is 29.5 Å². The van der Waals surface area contributed by atoms with Crippen LogP contribution in [0.15, 0.2) is 18.7 Å². The Labute approximate surface area is 173 Å². The van der Waals surface area contributed by atoms with E-state index in [-0.39, 0.29) is 46.9 Å². The second-order valence-corrected chi connectivity index (χ2v) is 8.33. The molecule has 30 heavy (non-hydrogen) atoms. The van der Waals surface area contributed by atoms with Gasteiger partial charge in [-0.15, -0.1) is 0 Å². The fourth-order valence-corrected chi connectivity index (χ4v) is 3.66. The summed E-state index contributed by atoms with van der Waals surface area (Å²) in [5, 5.41) is 25.7. The number of nitrogens with zero attached hydrogens (tertiary/aromatic N) is 5. The number of hydrogen-bond donors (Lipinski definition) is 3. The summed E-state index contributed by atoms with van der Waals surface area (Å²) in [6, 6.07) is 2.11. The molecule has 0 aliphatic heterocycles. The number of nitriles is 1. The quantitative estimate of drug-likeness (QED) is 0.655. The molecule has 8 nitrogen and oxygen atoms in total. The minimum absolute atomic E-state index is 0.00754. The van der Waals surface area contributed by atoms with Crippen molar-refractivity contribution in [2.24, 2.45) is 5.41 Å². The number of rotatable bonds is 6. The Morgan fingerprint density at radius 1 is 1.30 bits per heavy atom. The zero-order valence-corrected chi connectivity index (χ0v) is 17.2. The second-order valence-electron chi connectivity index (χ2n) is 8.33. The molecule has 3 rings (SSSR count). The van der Waals surface area contributed by atoms with Crippen molar-refractivity contribution in [3.8, 4) is 6.07 Å². The molecule has 0 bridgehead atoms. The number of halogens is 2. The van der Waals surface area contributed by atoms with Crippen molar-refractivity contribution in [1.82, 2.24) is 19.9 Å². The first-order valence-corrected chi connectivity index (χ1v) is 9.73. The number of nitrogens with one attached hydrogen (secondary N) is 2. The smallest absolute Gasteiger partial charge is 0.287 e. The first-order valence-electron chi connectivity index (χ1n) is 9.73. The van der Waals surface area contributed by atoms with Crippen LogP contribution in [0.1, 0.15) is 56.9 Å². The Hall–Kier alpha value is -2.93. The molecule has 1 aliphatic carbocycles. The maximum atomic E-state index is 13.7. The highest BCUT2D eigenvalue weighted by atomic mass is 19.3.